The predicted octanol–water partition coefficient (Wildman–Crippen LogP) is 0.746. The highest BCUT2D eigenvalue weighted by Gasteiger charge is 2.19. The molecule has 0 aromatic carbocycles. The summed E-state index contributed by atoms with van der Waals surface area (Å²) in [5, 5.41) is 6.24. The SMILES string of the molecule is O=C(CCNC1CC1)NCCn1cccc1. The number of aromatic nitrogens is 1. The van der Waals surface area contributed by atoms with Crippen molar-refractivity contribution in [1.82, 2.24) is 15.2 Å². The van der Waals surface area contributed by atoms with E-state index in [0.29, 0.717) is 19.0 Å². The van der Waals surface area contributed by atoms with E-state index in [0.717, 1.165) is 13.1 Å². The molecule has 1 saturated carbocycles. The van der Waals surface area contributed by atoms with Crippen molar-refractivity contribution in [3.8, 4) is 0 Å². The van der Waals surface area contributed by atoms with Crippen LogP contribution in [0, 0.1) is 0 Å². The molecule has 0 atom stereocenters. The molecule has 0 spiro atoms. The first-order valence-corrected chi connectivity index (χ1v) is 5.95. The second-order valence-electron chi connectivity index (χ2n) is 4.25. The van der Waals surface area contributed by atoms with Gasteiger partial charge in [-0.1, -0.05) is 0 Å². The first kappa shape index (κ1) is 11.2. The van der Waals surface area contributed by atoms with Gasteiger partial charge in [-0.3, -0.25) is 4.79 Å². The van der Waals surface area contributed by atoms with Crippen molar-refractivity contribution in [2.24, 2.45) is 0 Å². The molecule has 0 bridgehead atoms. The van der Waals surface area contributed by atoms with Gasteiger partial charge in [-0.15, -0.1) is 0 Å². The summed E-state index contributed by atoms with van der Waals surface area (Å²) < 4.78 is 2.06. The summed E-state index contributed by atoms with van der Waals surface area (Å²) >= 11 is 0. The number of nitrogens with one attached hydrogen (secondary N) is 2. The third-order valence-corrected chi connectivity index (χ3v) is 2.72. The van der Waals surface area contributed by atoms with Gasteiger partial charge in [0.15, 0.2) is 0 Å². The minimum atomic E-state index is 0.139. The Morgan fingerprint density at radius 1 is 1.25 bits per heavy atom. The van der Waals surface area contributed by atoms with Crippen LogP contribution < -0.4 is 10.6 Å². The van der Waals surface area contributed by atoms with Crippen molar-refractivity contribution in [3.63, 3.8) is 0 Å². The predicted molar refractivity (Wildman–Crippen MR) is 63.1 cm³/mol. The molecule has 88 valence electrons. The standard InChI is InChI=1S/C12H19N3O/c16-12(5-6-13-11-3-4-11)14-7-10-15-8-1-2-9-15/h1-2,8-9,11,13H,3-7,10H2,(H,14,16). The maximum Gasteiger partial charge on any atom is 0.221 e. The van der Waals surface area contributed by atoms with Gasteiger partial charge in [0, 0.05) is 44.5 Å². The summed E-state index contributed by atoms with van der Waals surface area (Å²) in [6.07, 6.45) is 7.13. The van der Waals surface area contributed by atoms with Crippen LogP contribution in [-0.4, -0.2) is 29.6 Å². The van der Waals surface area contributed by atoms with E-state index < -0.39 is 0 Å². The minimum absolute atomic E-state index is 0.139. The van der Waals surface area contributed by atoms with Gasteiger partial charge in [0.1, 0.15) is 0 Å². The van der Waals surface area contributed by atoms with Crippen LogP contribution in [0.4, 0.5) is 0 Å². The molecule has 1 heterocycles. The number of nitrogens with zero attached hydrogens (tertiary/aromatic N) is 1. The summed E-state index contributed by atoms with van der Waals surface area (Å²) in [4.78, 5) is 11.4. The number of rotatable bonds is 7. The molecule has 1 aliphatic rings. The van der Waals surface area contributed by atoms with Crippen LogP contribution in [-0.2, 0) is 11.3 Å². The number of hydrogen-bond acceptors (Lipinski definition) is 2. The van der Waals surface area contributed by atoms with Crippen LogP contribution in [0.2, 0.25) is 0 Å². The quantitative estimate of drug-likeness (QED) is 0.713. The molecule has 1 fully saturated rings. The Morgan fingerprint density at radius 2 is 2.00 bits per heavy atom. The Hall–Kier alpha value is -1.29. The van der Waals surface area contributed by atoms with Crippen LogP contribution >= 0.6 is 0 Å². The van der Waals surface area contributed by atoms with E-state index in [1.807, 2.05) is 24.5 Å². The molecular weight excluding hydrogens is 202 g/mol. The van der Waals surface area contributed by atoms with Gasteiger partial charge in [-0.2, -0.15) is 0 Å². The highest BCUT2D eigenvalue weighted by Crippen LogP contribution is 2.18. The zero-order valence-electron chi connectivity index (χ0n) is 9.48. The number of hydrogen-bond donors (Lipinski definition) is 2. The molecule has 0 unspecified atom stereocenters. The Morgan fingerprint density at radius 3 is 2.69 bits per heavy atom. The zero-order valence-corrected chi connectivity index (χ0v) is 9.48. The Kier molecular flexibility index (Phi) is 3.99. The van der Waals surface area contributed by atoms with E-state index in [1.165, 1.54) is 12.8 Å². The fraction of sp³-hybridized carbons (Fsp3) is 0.583. The van der Waals surface area contributed by atoms with Crippen LogP contribution in [0.15, 0.2) is 24.5 Å². The summed E-state index contributed by atoms with van der Waals surface area (Å²) in [5.41, 5.74) is 0. The highest BCUT2D eigenvalue weighted by atomic mass is 16.1. The second kappa shape index (κ2) is 5.70. The lowest BCUT2D eigenvalue weighted by molar-refractivity contribution is -0.121. The van der Waals surface area contributed by atoms with Crippen LogP contribution in [0.1, 0.15) is 19.3 Å². The lowest BCUT2D eigenvalue weighted by atomic mass is 10.4. The number of amides is 1. The Bertz CT molecular complexity index is 317. The molecule has 2 N–H and O–H groups in total. The van der Waals surface area contributed by atoms with Crippen molar-refractivity contribution in [2.75, 3.05) is 13.1 Å². The van der Waals surface area contributed by atoms with Crippen molar-refractivity contribution in [1.29, 1.82) is 0 Å². The fourth-order valence-electron chi connectivity index (χ4n) is 1.61. The smallest absolute Gasteiger partial charge is 0.221 e. The molecule has 0 saturated heterocycles. The van der Waals surface area contributed by atoms with Gasteiger partial charge in [-0.05, 0) is 25.0 Å². The molecule has 1 amide bonds. The van der Waals surface area contributed by atoms with E-state index in [4.69, 9.17) is 0 Å². The third-order valence-electron chi connectivity index (χ3n) is 2.72. The average molecular weight is 221 g/mol. The lowest BCUT2D eigenvalue weighted by Crippen LogP contribution is -2.30. The third kappa shape index (κ3) is 4.06. The molecule has 4 nitrogen and oxygen atoms in total. The van der Waals surface area contributed by atoms with Gasteiger partial charge in [0.2, 0.25) is 5.91 Å². The second-order valence-corrected chi connectivity index (χ2v) is 4.25. The van der Waals surface area contributed by atoms with Gasteiger partial charge >= 0.3 is 0 Å². The molecule has 4 heteroatoms. The maximum absolute atomic E-state index is 11.4. The van der Waals surface area contributed by atoms with Gasteiger partial charge < -0.3 is 15.2 Å². The summed E-state index contributed by atoms with van der Waals surface area (Å²) in [6.45, 7) is 2.35. The monoisotopic (exact) mass is 221 g/mol. The first-order chi connectivity index (χ1) is 7.84. The molecule has 1 aromatic rings. The number of carbonyl (C=O) groups excluding carboxylic acids is 1. The van der Waals surface area contributed by atoms with E-state index in [-0.39, 0.29) is 5.91 Å². The lowest BCUT2D eigenvalue weighted by Gasteiger charge is -2.06. The molecule has 1 aliphatic carbocycles. The minimum Gasteiger partial charge on any atom is -0.354 e. The summed E-state index contributed by atoms with van der Waals surface area (Å²) in [7, 11) is 0. The van der Waals surface area contributed by atoms with Gasteiger partial charge in [-0.25, -0.2) is 0 Å². The van der Waals surface area contributed by atoms with Gasteiger partial charge in [0.25, 0.3) is 0 Å². The first-order valence-electron chi connectivity index (χ1n) is 5.95. The Balaban J connectivity index is 1.49. The van der Waals surface area contributed by atoms with Crippen molar-refractivity contribution in [2.45, 2.75) is 31.8 Å². The summed E-state index contributed by atoms with van der Waals surface area (Å²) in [6, 6.07) is 4.66. The molecular formula is C12H19N3O. The van der Waals surface area contributed by atoms with Crippen LogP contribution in [0.3, 0.4) is 0 Å². The fourth-order valence-corrected chi connectivity index (χ4v) is 1.61. The van der Waals surface area contributed by atoms with Crippen LogP contribution in [0.5, 0.6) is 0 Å². The van der Waals surface area contributed by atoms with Crippen molar-refractivity contribution in [3.05, 3.63) is 24.5 Å². The molecule has 1 aromatic heterocycles. The maximum atomic E-state index is 11.4. The zero-order chi connectivity index (χ0) is 11.2. The summed E-state index contributed by atoms with van der Waals surface area (Å²) in [5.74, 6) is 0.139. The largest absolute Gasteiger partial charge is 0.354 e. The van der Waals surface area contributed by atoms with Crippen molar-refractivity contribution < 1.29 is 4.79 Å². The highest BCUT2D eigenvalue weighted by molar-refractivity contribution is 5.75. The van der Waals surface area contributed by atoms with E-state index in [9.17, 15) is 4.79 Å². The van der Waals surface area contributed by atoms with E-state index in [1.54, 1.807) is 0 Å². The van der Waals surface area contributed by atoms with Gasteiger partial charge in [0.05, 0.1) is 0 Å². The molecule has 2 rings (SSSR count). The van der Waals surface area contributed by atoms with Crippen molar-refractivity contribution >= 4 is 5.91 Å². The molecule has 0 radical (unpaired) electrons. The normalized spacial score (nSPS) is 15.0. The topological polar surface area (TPSA) is 46.1 Å². The van der Waals surface area contributed by atoms with E-state index >= 15 is 0 Å². The van der Waals surface area contributed by atoms with E-state index in [2.05, 4.69) is 15.2 Å². The number of carbonyl (C=O) groups is 1. The average Bonchev–Trinajstić information content (AvgIpc) is 2.94. The Labute approximate surface area is 96.0 Å². The molecule has 16 heavy (non-hydrogen) atoms. The molecule has 0 aliphatic heterocycles. The van der Waals surface area contributed by atoms with Crippen LogP contribution in [0.25, 0.3) is 0 Å².